The van der Waals surface area contributed by atoms with Crippen LogP contribution in [-0.2, 0) is 6.54 Å². The van der Waals surface area contributed by atoms with Crippen LogP contribution in [0.1, 0.15) is 11.1 Å². The minimum atomic E-state index is 0.567. The minimum Gasteiger partial charge on any atom is -0.236 e. The summed E-state index contributed by atoms with van der Waals surface area (Å²) in [7, 11) is 0. The summed E-state index contributed by atoms with van der Waals surface area (Å²) in [5.41, 5.74) is 6.64. The van der Waals surface area contributed by atoms with Crippen LogP contribution in [0.5, 0.6) is 0 Å². The maximum absolute atomic E-state index is 9.40. The van der Waals surface area contributed by atoms with Crippen LogP contribution < -0.4 is 4.68 Å². The van der Waals surface area contributed by atoms with Crippen molar-refractivity contribution < 1.29 is 4.68 Å². The molecule has 0 fully saturated rings. The van der Waals surface area contributed by atoms with E-state index in [0.717, 1.165) is 23.1 Å². The summed E-state index contributed by atoms with van der Waals surface area (Å²) in [6.45, 7) is 8.23. The molecule has 1 aliphatic heterocycles. The summed E-state index contributed by atoms with van der Waals surface area (Å²) >= 11 is 0. The molecule has 2 heterocycles. The molecule has 4 heteroatoms. The van der Waals surface area contributed by atoms with Crippen molar-refractivity contribution in [2.75, 3.05) is 0 Å². The Morgan fingerprint density at radius 3 is 2.65 bits per heavy atom. The molecule has 1 aliphatic rings. The summed E-state index contributed by atoms with van der Waals surface area (Å²) in [6.07, 6.45) is 1.98. The average Bonchev–Trinajstić information content (AvgIpc) is 3.23. The lowest BCUT2D eigenvalue weighted by Crippen LogP contribution is -2.36. The molecule has 0 unspecified atom stereocenters. The van der Waals surface area contributed by atoms with Gasteiger partial charge in [0.2, 0.25) is 11.9 Å². The molecule has 0 radical (unpaired) electrons. The Morgan fingerprint density at radius 2 is 1.88 bits per heavy atom. The Kier molecular flexibility index (Phi) is 2.95. The first-order valence-corrected chi connectivity index (χ1v) is 8.34. The van der Waals surface area contributed by atoms with E-state index in [2.05, 4.69) is 50.6 Å². The quantitative estimate of drug-likeness (QED) is 0.331. The van der Waals surface area contributed by atoms with Crippen LogP contribution in [0.2, 0.25) is 0 Å². The zero-order chi connectivity index (χ0) is 17.7. The Bertz CT molecular complexity index is 1270. The molecule has 4 aromatic rings. The third kappa shape index (κ3) is 1.90. The third-order valence-corrected chi connectivity index (χ3v) is 4.93. The SMILES string of the molecule is [C-]#[N+]c1ccc(C#N)c2c[n+]3n(c12)-c1ccc(-c2ccccc2)cc1C3. The summed E-state index contributed by atoms with van der Waals surface area (Å²) in [5.74, 6) is 0. The predicted molar refractivity (Wildman–Crippen MR) is 99.0 cm³/mol. The number of fused-ring (bicyclic) bond motifs is 5. The monoisotopic (exact) mass is 333 g/mol. The predicted octanol–water partition coefficient (Wildman–Crippen LogP) is 4.37. The Balaban J connectivity index is 1.75. The number of hydrogen-bond acceptors (Lipinski definition) is 1. The fourth-order valence-corrected chi connectivity index (χ4v) is 3.75. The average molecular weight is 333 g/mol. The highest BCUT2D eigenvalue weighted by Crippen LogP contribution is 2.34. The molecule has 26 heavy (non-hydrogen) atoms. The van der Waals surface area contributed by atoms with E-state index in [-0.39, 0.29) is 0 Å². The summed E-state index contributed by atoms with van der Waals surface area (Å²) < 4.78 is 4.15. The molecule has 0 N–H and O–H groups in total. The lowest BCUT2D eigenvalue weighted by atomic mass is 10.0. The van der Waals surface area contributed by atoms with Crippen LogP contribution in [0.4, 0.5) is 5.69 Å². The van der Waals surface area contributed by atoms with Crippen LogP contribution in [0.3, 0.4) is 0 Å². The zero-order valence-corrected chi connectivity index (χ0v) is 13.8. The molecule has 0 amide bonds. The molecule has 1 aromatic heterocycles. The van der Waals surface area contributed by atoms with Crippen molar-refractivity contribution in [3.8, 4) is 22.9 Å². The number of hydrogen-bond donors (Lipinski definition) is 0. The molecule has 120 valence electrons. The number of nitrogens with zero attached hydrogens (tertiary/aromatic N) is 4. The van der Waals surface area contributed by atoms with Gasteiger partial charge >= 0.3 is 0 Å². The fourth-order valence-electron chi connectivity index (χ4n) is 3.75. The molecule has 0 spiro atoms. The van der Waals surface area contributed by atoms with Gasteiger partial charge in [-0.25, -0.2) is 4.85 Å². The second-order valence-corrected chi connectivity index (χ2v) is 6.37. The Labute approximate surface area is 150 Å². The standard InChI is InChI=1S/C22H13N4/c1-24-20-9-7-17(12-23)19-14-25-13-18-11-16(15-5-3-2-4-6-15)8-10-21(18)26(25)22(19)20/h2-11,14H,13H2/q+1. The van der Waals surface area contributed by atoms with Crippen molar-refractivity contribution in [3.05, 3.63) is 89.4 Å². The fraction of sp³-hybridized carbons (Fsp3) is 0.0455. The van der Waals surface area contributed by atoms with Crippen LogP contribution in [-0.4, -0.2) is 4.68 Å². The number of benzene rings is 3. The van der Waals surface area contributed by atoms with Gasteiger partial charge in [-0.15, -0.1) is 9.36 Å². The van der Waals surface area contributed by atoms with Gasteiger partial charge in [-0.1, -0.05) is 48.5 Å². The van der Waals surface area contributed by atoms with E-state index in [1.54, 1.807) is 12.1 Å². The Hall–Kier alpha value is -3.89. The first kappa shape index (κ1) is 14.5. The normalized spacial score (nSPS) is 11.6. The first-order chi connectivity index (χ1) is 12.8. The van der Waals surface area contributed by atoms with Crippen LogP contribution in [0.25, 0.3) is 32.6 Å². The maximum atomic E-state index is 9.40. The van der Waals surface area contributed by atoms with E-state index in [4.69, 9.17) is 6.57 Å². The van der Waals surface area contributed by atoms with Gasteiger partial charge in [-0.2, -0.15) is 5.26 Å². The smallest absolute Gasteiger partial charge is 0.217 e. The van der Waals surface area contributed by atoms with Crippen molar-refractivity contribution >= 4 is 16.6 Å². The lowest BCUT2D eigenvalue weighted by molar-refractivity contribution is -0.749. The van der Waals surface area contributed by atoms with Gasteiger partial charge in [0.1, 0.15) is 11.2 Å². The first-order valence-electron chi connectivity index (χ1n) is 8.34. The number of nitriles is 1. The molecule has 0 bridgehead atoms. The zero-order valence-electron chi connectivity index (χ0n) is 13.8. The Morgan fingerprint density at radius 1 is 1.04 bits per heavy atom. The highest BCUT2D eigenvalue weighted by Gasteiger charge is 2.30. The maximum Gasteiger partial charge on any atom is 0.217 e. The van der Waals surface area contributed by atoms with Crippen molar-refractivity contribution in [2.24, 2.45) is 0 Å². The third-order valence-electron chi connectivity index (χ3n) is 4.93. The second-order valence-electron chi connectivity index (χ2n) is 6.37. The van der Waals surface area contributed by atoms with E-state index in [1.165, 1.54) is 16.7 Å². The van der Waals surface area contributed by atoms with E-state index < -0.39 is 0 Å². The molecule has 4 nitrogen and oxygen atoms in total. The second kappa shape index (κ2) is 5.31. The van der Waals surface area contributed by atoms with Gasteiger partial charge in [0.15, 0.2) is 6.54 Å². The summed E-state index contributed by atoms with van der Waals surface area (Å²) in [5, 5.41) is 10.2. The van der Waals surface area contributed by atoms with E-state index in [9.17, 15) is 5.26 Å². The molecule has 0 aliphatic carbocycles. The van der Waals surface area contributed by atoms with Crippen molar-refractivity contribution in [2.45, 2.75) is 6.54 Å². The lowest BCUT2D eigenvalue weighted by Gasteiger charge is -2.04. The van der Waals surface area contributed by atoms with Gasteiger partial charge in [0.25, 0.3) is 0 Å². The van der Waals surface area contributed by atoms with E-state index in [0.29, 0.717) is 11.3 Å². The van der Waals surface area contributed by atoms with Crippen molar-refractivity contribution in [1.29, 1.82) is 5.26 Å². The molecule has 3 aromatic carbocycles. The molecule has 0 atom stereocenters. The molecule has 0 saturated heterocycles. The van der Waals surface area contributed by atoms with E-state index >= 15 is 0 Å². The van der Waals surface area contributed by atoms with Crippen molar-refractivity contribution in [3.63, 3.8) is 0 Å². The molecule has 5 rings (SSSR count). The van der Waals surface area contributed by atoms with Gasteiger partial charge in [0.05, 0.1) is 23.6 Å². The van der Waals surface area contributed by atoms with Crippen molar-refractivity contribution in [1.82, 2.24) is 4.68 Å². The minimum absolute atomic E-state index is 0.567. The number of rotatable bonds is 1. The topological polar surface area (TPSA) is 37.0 Å². The van der Waals surface area contributed by atoms with Gasteiger partial charge < -0.3 is 0 Å². The van der Waals surface area contributed by atoms with Gasteiger partial charge in [-0.05, 0) is 23.3 Å². The molecular weight excluding hydrogens is 320 g/mol. The van der Waals surface area contributed by atoms with E-state index in [1.807, 2.05) is 24.4 Å². The van der Waals surface area contributed by atoms with Gasteiger partial charge in [-0.3, -0.25) is 0 Å². The van der Waals surface area contributed by atoms with Crippen LogP contribution in [0.15, 0.2) is 66.9 Å². The van der Waals surface area contributed by atoms with Crippen LogP contribution in [0, 0.1) is 17.9 Å². The number of aromatic nitrogens is 2. The summed E-state index contributed by atoms with van der Waals surface area (Å²) in [4.78, 5) is 3.67. The van der Waals surface area contributed by atoms with Crippen LogP contribution >= 0.6 is 0 Å². The summed E-state index contributed by atoms with van der Waals surface area (Å²) in [6, 6.07) is 22.4. The van der Waals surface area contributed by atoms with Gasteiger partial charge in [0, 0.05) is 5.56 Å². The highest BCUT2D eigenvalue weighted by atomic mass is 15.4. The highest BCUT2D eigenvalue weighted by molar-refractivity contribution is 5.95. The largest absolute Gasteiger partial charge is 0.236 e. The molecule has 0 saturated carbocycles. The molecular formula is C22H13N4+.